The second-order valence-electron chi connectivity index (χ2n) is 3.78. The fourth-order valence-electron chi connectivity index (χ4n) is 2.35. The van der Waals surface area contributed by atoms with Gasteiger partial charge in [0.25, 0.3) is 0 Å². The van der Waals surface area contributed by atoms with Gasteiger partial charge in [-0.25, -0.2) is 0 Å². The van der Waals surface area contributed by atoms with Gasteiger partial charge in [-0.05, 0) is 19.3 Å². The van der Waals surface area contributed by atoms with Crippen molar-refractivity contribution in [2.75, 3.05) is 0 Å². The zero-order chi connectivity index (χ0) is 9.59. The molecule has 70 valence electrons. The smallest absolute Gasteiger partial charge is 0.321 e. The lowest BCUT2D eigenvalue weighted by Gasteiger charge is -2.21. The van der Waals surface area contributed by atoms with Gasteiger partial charge in [-0.1, -0.05) is 0 Å². The highest BCUT2D eigenvalue weighted by Gasteiger charge is 2.49. The molecule has 2 fully saturated rings. The third-order valence-electron chi connectivity index (χ3n) is 3.05. The molecule has 1 N–H and O–H groups in total. The zero-order valence-electron chi connectivity index (χ0n) is 7.03. The van der Waals surface area contributed by atoms with Crippen LogP contribution < -0.4 is 0 Å². The van der Waals surface area contributed by atoms with E-state index in [1.807, 2.05) is 0 Å². The van der Waals surface area contributed by atoms with E-state index in [2.05, 4.69) is 0 Å². The monoisotopic (exact) mass is 182 g/mol. The largest absolute Gasteiger partial charge is 0.480 e. The molecule has 13 heavy (non-hydrogen) atoms. The van der Waals surface area contributed by atoms with E-state index < -0.39 is 11.9 Å². The number of aliphatic carboxylic acids is 1. The van der Waals surface area contributed by atoms with Gasteiger partial charge < -0.3 is 5.11 Å². The van der Waals surface area contributed by atoms with Gasteiger partial charge in [-0.3, -0.25) is 14.4 Å². The Morgan fingerprint density at radius 2 is 1.62 bits per heavy atom. The molecule has 0 radical (unpaired) electrons. The molecular weight excluding hydrogens is 172 g/mol. The van der Waals surface area contributed by atoms with E-state index in [9.17, 15) is 14.4 Å². The average molecular weight is 182 g/mol. The third-order valence-corrected chi connectivity index (χ3v) is 3.05. The summed E-state index contributed by atoms with van der Waals surface area (Å²) in [4.78, 5) is 33.5. The first-order valence-electron chi connectivity index (χ1n) is 4.41. The first kappa shape index (κ1) is 8.41. The number of hydrogen-bond acceptors (Lipinski definition) is 3. The molecule has 4 nitrogen and oxygen atoms in total. The Morgan fingerprint density at radius 3 is 2.00 bits per heavy atom. The van der Waals surface area contributed by atoms with Crippen LogP contribution in [0.5, 0.6) is 0 Å². The molecule has 0 spiro atoms. The van der Waals surface area contributed by atoms with Crippen molar-refractivity contribution in [2.24, 2.45) is 17.8 Å². The minimum Gasteiger partial charge on any atom is -0.480 e. The number of hydrogen-bond donors (Lipinski definition) is 1. The molecule has 0 aromatic heterocycles. The number of ketones is 2. The molecule has 2 atom stereocenters. The number of fused-ring (bicyclic) bond motifs is 2. The van der Waals surface area contributed by atoms with Crippen molar-refractivity contribution in [3.63, 3.8) is 0 Å². The first-order chi connectivity index (χ1) is 6.11. The maximum Gasteiger partial charge on any atom is 0.321 e. The highest BCUT2D eigenvalue weighted by Crippen LogP contribution is 2.40. The standard InChI is InChI=1S/C9H10O4/c10-7-4-1-2-5(3-4)8(11)6(7)9(12)13/h4-6H,1-3H2,(H,12,13). The van der Waals surface area contributed by atoms with Gasteiger partial charge in [0, 0.05) is 11.8 Å². The number of carbonyl (C=O) groups is 3. The van der Waals surface area contributed by atoms with Crippen LogP contribution in [0.1, 0.15) is 19.3 Å². The van der Waals surface area contributed by atoms with Gasteiger partial charge in [0.15, 0.2) is 17.5 Å². The summed E-state index contributed by atoms with van der Waals surface area (Å²) in [5, 5.41) is 8.70. The molecule has 4 heteroatoms. The Labute approximate surface area is 74.9 Å². The van der Waals surface area contributed by atoms with Crippen LogP contribution in [0.3, 0.4) is 0 Å². The molecule has 2 unspecified atom stereocenters. The van der Waals surface area contributed by atoms with Gasteiger partial charge >= 0.3 is 5.97 Å². The van der Waals surface area contributed by atoms with Crippen LogP contribution in [-0.4, -0.2) is 22.6 Å². The highest BCUT2D eigenvalue weighted by atomic mass is 16.4. The van der Waals surface area contributed by atoms with Crippen molar-refractivity contribution in [2.45, 2.75) is 19.3 Å². The highest BCUT2D eigenvalue weighted by molar-refractivity contribution is 6.19. The molecule has 2 aliphatic rings. The van der Waals surface area contributed by atoms with Crippen LogP contribution in [0.25, 0.3) is 0 Å². The summed E-state index contributed by atoms with van der Waals surface area (Å²) in [6.07, 6.45) is 1.97. The Morgan fingerprint density at radius 1 is 1.15 bits per heavy atom. The molecule has 0 amide bonds. The topological polar surface area (TPSA) is 71.4 Å². The Bertz CT molecular complexity index is 272. The van der Waals surface area contributed by atoms with Crippen molar-refractivity contribution in [1.29, 1.82) is 0 Å². The van der Waals surface area contributed by atoms with Crippen molar-refractivity contribution < 1.29 is 19.5 Å². The Kier molecular flexibility index (Phi) is 1.71. The Balaban J connectivity index is 2.33. The predicted octanol–water partition coefficient (Wildman–Crippen LogP) is 0.255. The van der Waals surface area contributed by atoms with Crippen molar-refractivity contribution in [3.05, 3.63) is 0 Å². The lowest BCUT2D eigenvalue weighted by molar-refractivity contribution is -0.154. The van der Waals surface area contributed by atoms with E-state index in [4.69, 9.17) is 5.11 Å². The molecule has 2 aliphatic carbocycles. The van der Waals surface area contributed by atoms with Crippen LogP contribution in [0, 0.1) is 17.8 Å². The summed E-state index contributed by atoms with van der Waals surface area (Å²) < 4.78 is 0. The number of carbonyl (C=O) groups excluding carboxylic acids is 2. The van der Waals surface area contributed by atoms with Crippen molar-refractivity contribution in [1.82, 2.24) is 0 Å². The summed E-state index contributed by atoms with van der Waals surface area (Å²) in [6.45, 7) is 0. The van der Waals surface area contributed by atoms with Crippen molar-refractivity contribution in [3.8, 4) is 0 Å². The maximum absolute atomic E-state index is 11.4. The molecule has 0 aliphatic heterocycles. The van der Waals surface area contributed by atoms with E-state index in [1.54, 1.807) is 0 Å². The Hall–Kier alpha value is -1.19. The van der Waals surface area contributed by atoms with Crippen LogP contribution >= 0.6 is 0 Å². The molecule has 0 aromatic carbocycles. The fourth-order valence-corrected chi connectivity index (χ4v) is 2.35. The quantitative estimate of drug-likeness (QED) is 0.590. The lowest BCUT2D eigenvalue weighted by atomic mass is 9.79. The summed E-state index contributed by atoms with van der Waals surface area (Å²) in [5.74, 6) is -3.69. The molecule has 2 saturated carbocycles. The minimum atomic E-state index is -1.36. The molecular formula is C9H10O4. The molecule has 2 rings (SSSR count). The summed E-state index contributed by atoms with van der Waals surface area (Å²) in [6, 6.07) is 0. The van der Waals surface area contributed by atoms with E-state index in [0.717, 1.165) is 0 Å². The second-order valence-corrected chi connectivity index (χ2v) is 3.78. The lowest BCUT2D eigenvalue weighted by Crippen LogP contribution is -2.41. The van der Waals surface area contributed by atoms with Crippen LogP contribution in [0.2, 0.25) is 0 Å². The summed E-state index contributed by atoms with van der Waals surface area (Å²) >= 11 is 0. The molecule has 0 saturated heterocycles. The van der Waals surface area contributed by atoms with E-state index >= 15 is 0 Å². The van der Waals surface area contributed by atoms with Gasteiger partial charge in [0.2, 0.25) is 0 Å². The average Bonchev–Trinajstić information content (AvgIpc) is 2.46. The van der Waals surface area contributed by atoms with Gasteiger partial charge in [-0.2, -0.15) is 0 Å². The molecule has 2 bridgehead atoms. The predicted molar refractivity (Wildman–Crippen MR) is 42.0 cm³/mol. The fraction of sp³-hybridized carbons (Fsp3) is 0.667. The van der Waals surface area contributed by atoms with E-state index in [-0.39, 0.29) is 23.4 Å². The van der Waals surface area contributed by atoms with E-state index in [0.29, 0.717) is 19.3 Å². The first-order valence-corrected chi connectivity index (χ1v) is 4.41. The number of carboxylic acids is 1. The van der Waals surface area contributed by atoms with E-state index in [1.165, 1.54) is 0 Å². The normalized spacial score (nSPS) is 38.0. The second kappa shape index (κ2) is 2.65. The SMILES string of the molecule is O=C(O)C1C(=O)C2CCC(C2)C1=O. The maximum atomic E-state index is 11.4. The van der Waals surface area contributed by atoms with Crippen LogP contribution in [-0.2, 0) is 14.4 Å². The van der Waals surface area contributed by atoms with Gasteiger partial charge in [-0.15, -0.1) is 0 Å². The number of Topliss-reactive ketones (excluding diaryl/α,β-unsaturated/α-hetero) is 2. The van der Waals surface area contributed by atoms with Crippen LogP contribution in [0.15, 0.2) is 0 Å². The molecule has 0 aromatic rings. The zero-order valence-corrected chi connectivity index (χ0v) is 7.03. The van der Waals surface area contributed by atoms with Gasteiger partial charge in [0.1, 0.15) is 0 Å². The summed E-state index contributed by atoms with van der Waals surface area (Å²) in [5.41, 5.74) is 0. The van der Waals surface area contributed by atoms with Gasteiger partial charge in [0.05, 0.1) is 0 Å². The third kappa shape index (κ3) is 1.08. The molecule has 0 heterocycles. The minimum absolute atomic E-state index is 0.163. The number of rotatable bonds is 1. The number of carboxylic acid groups (broad SMARTS) is 1. The summed E-state index contributed by atoms with van der Waals surface area (Å²) in [7, 11) is 0. The van der Waals surface area contributed by atoms with Crippen molar-refractivity contribution >= 4 is 17.5 Å². The van der Waals surface area contributed by atoms with Crippen LogP contribution in [0.4, 0.5) is 0 Å².